The molecule has 107 heavy (non-hydrogen) atoms. The van der Waals surface area contributed by atoms with E-state index in [1.165, 1.54) is 123 Å². The second-order valence-corrected chi connectivity index (χ2v) is 33.3. The summed E-state index contributed by atoms with van der Waals surface area (Å²) < 4.78 is 90.4. The lowest BCUT2D eigenvalue weighted by Gasteiger charge is -2.08. The van der Waals surface area contributed by atoms with Gasteiger partial charge in [0.1, 0.15) is 47.0 Å². The summed E-state index contributed by atoms with van der Waals surface area (Å²) >= 11 is 7.08. The quantitative estimate of drug-likeness (QED) is 0.156. The molecule has 20 rings (SSSR count). The van der Waals surface area contributed by atoms with Crippen LogP contribution in [0.25, 0.3) is 169 Å². The molecule has 0 spiro atoms. The highest BCUT2D eigenvalue weighted by atomic mass is 32.1. The van der Waals surface area contributed by atoms with E-state index in [0.29, 0.717) is 16.7 Å². The van der Waals surface area contributed by atoms with Gasteiger partial charge in [-0.1, -0.05) is 167 Å². The third-order valence-electron chi connectivity index (χ3n) is 21.4. The number of thiophene rings is 4. The van der Waals surface area contributed by atoms with Crippen molar-refractivity contribution in [2.75, 3.05) is 0 Å². The number of aromatic nitrogens is 4. The van der Waals surface area contributed by atoms with Crippen molar-refractivity contribution < 1.29 is 30.6 Å². The summed E-state index contributed by atoms with van der Waals surface area (Å²) in [4.78, 5) is 0. The largest absolute Gasteiger partial charge is 0.230 e. The van der Waals surface area contributed by atoms with Crippen molar-refractivity contribution in [2.24, 2.45) is 28.2 Å². The van der Waals surface area contributed by atoms with Gasteiger partial charge in [0.25, 0.3) is 0 Å². The Kier molecular flexibility index (Phi) is 15.2. The summed E-state index contributed by atoms with van der Waals surface area (Å²) in [5, 5.41) is 18.8. The van der Waals surface area contributed by atoms with Crippen molar-refractivity contribution >= 4 is 169 Å². The van der Waals surface area contributed by atoms with Crippen LogP contribution in [0.2, 0.25) is 0 Å². The molecule has 0 unspecified atom stereocenters. The summed E-state index contributed by atoms with van der Waals surface area (Å²) in [6.45, 7) is 10.2. The second-order valence-electron chi connectivity index (χ2n) is 29.1. The number of aryl methyl sites for hydroxylation is 15. The molecular formula is C99H86N4S4+4. The number of rotatable bonds is 4. The van der Waals surface area contributed by atoms with E-state index in [-0.39, 0.29) is 0 Å². The Morgan fingerprint density at radius 1 is 0.243 bits per heavy atom. The molecule has 0 amide bonds. The summed E-state index contributed by atoms with van der Waals surface area (Å²) in [5.74, 6) is 0. The van der Waals surface area contributed by atoms with E-state index in [1.807, 2.05) is 77.9 Å². The molecule has 8 aromatic heterocycles. The van der Waals surface area contributed by atoms with E-state index in [0.717, 1.165) is 90.1 Å². The molecule has 4 nitrogen and oxygen atoms in total. The maximum atomic E-state index is 8.24. The summed E-state index contributed by atoms with van der Waals surface area (Å²) in [7, 11) is 8.09. The monoisotopic (exact) mass is 1470 g/mol. The van der Waals surface area contributed by atoms with Crippen LogP contribution in [0, 0.1) is 75.9 Å². The predicted octanol–water partition coefficient (Wildman–Crippen LogP) is 26.2. The van der Waals surface area contributed by atoms with Gasteiger partial charge < -0.3 is 0 Å². The van der Waals surface area contributed by atoms with Crippen LogP contribution in [0.15, 0.2) is 249 Å². The molecular weight excluding hydrogens is 1370 g/mol. The molecule has 0 atom stereocenters. The molecule has 0 saturated carbocycles. The van der Waals surface area contributed by atoms with Gasteiger partial charge >= 0.3 is 0 Å². The van der Waals surface area contributed by atoms with Gasteiger partial charge in [0.2, 0.25) is 22.8 Å². The molecule has 0 aliphatic carbocycles. The smallest absolute Gasteiger partial charge is 0.200 e. The fraction of sp³-hybridized carbons (Fsp3) is 0.152. The van der Waals surface area contributed by atoms with E-state index in [4.69, 9.17) is 12.3 Å². The topological polar surface area (TPSA) is 15.5 Å². The van der Waals surface area contributed by atoms with Crippen LogP contribution in [0.1, 0.15) is 73.5 Å². The maximum Gasteiger partial charge on any atom is 0.230 e. The molecule has 0 aliphatic rings. The van der Waals surface area contributed by atoms with E-state index in [9.17, 15) is 0 Å². The first-order valence-electron chi connectivity index (χ1n) is 40.7. The van der Waals surface area contributed by atoms with Crippen LogP contribution in [-0.2, 0) is 28.2 Å². The predicted molar refractivity (Wildman–Crippen MR) is 466 cm³/mol. The summed E-state index contributed by atoms with van der Waals surface area (Å²) in [5.41, 5.74) is 19.9. The van der Waals surface area contributed by atoms with Crippen LogP contribution in [-0.4, -0.2) is 0 Å². The minimum Gasteiger partial charge on any atom is -0.200 e. The lowest BCUT2D eigenvalue weighted by Crippen LogP contribution is -2.31. The number of nitrogens with zero attached hydrogens (tertiary/aromatic N) is 4. The average Bonchev–Trinajstić information content (AvgIpc) is 1.58. The van der Waals surface area contributed by atoms with Gasteiger partial charge in [0.15, 0.2) is 24.8 Å². The minimum absolute atomic E-state index is 0.296. The highest BCUT2D eigenvalue weighted by Gasteiger charge is 2.27. The lowest BCUT2D eigenvalue weighted by molar-refractivity contribution is -0.659. The van der Waals surface area contributed by atoms with Crippen LogP contribution >= 0.6 is 45.3 Å². The minimum atomic E-state index is -2.27. The molecule has 0 N–H and O–H groups in total. The van der Waals surface area contributed by atoms with E-state index in [2.05, 4.69) is 271 Å². The molecule has 8 heteroatoms. The van der Waals surface area contributed by atoms with Crippen LogP contribution in [0.5, 0.6) is 0 Å². The Labute approximate surface area is 654 Å². The van der Waals surface area contributed by atoms with Crippen molar-refractivity contribution in [2.45, 2.75) is 75.9 Å². The number of hydrogen-bond donors (Lipinski definition) is 0. The summed E-state index contributed by atoms with van der Waals surface area (Å²) in [6, 6.07) is 79.4. The first-order valence-corrected chi connectivity index (χ1v) is 39.5. The average molecular weight is 1470 g/mol. The van der Waals surface area contributed by atoms with Crippen molar-refractivity contribution in [3.8, 4) is 45.0 Å². The van der Waals surface area contributed by atoms with Gasteiger partial charge in [-0.2, -0.15) is 18.3 Å². The molecule has 12 aromatic carbocycles. The van der Waals surface area contributed by atoms with Gasteiger partial charge in [0.05, 0.1) is 22.3 Å². The molecule has 0 fully saturated rings. The van der Waals surface area contributed by atoms with Gasteiger partial charge in [0, 0.05) is 97.5 Å². The third-order valence-corrected chi connectivity index (χ3v) is 26.0. The zero-order valence-electron chi connectivity index (χ0n) is 71.1. The molecule has 0 aliphatic heterocycles. The SMILES string of the molecule is Cc1ccc2cc3sc4c(-c5ccccc5C)[n+](C)ccc4c3cc2c1.Cc1ccc2cc3sc4c(-c5ccccc5C)[n+](C)ccc4c3cc2c1.[2H]C([2H])([2H])c1c[n+](C)c(-c2ccccc2C)c2sc3cc4ccc(C)cc4cc3c12.[2H]C([2H])([2H])c1ccc(-c2c3sc4cc5ccc(C)cc5cc4c3c(C([2H])([2H])[2H])c[n+]2C)c(C)c1. The van der Waals surface area contributed by atoms with Gasteiger partial charge in [-0.05, 0) is 214 Å². The fourth-order valence-electron chi connectivity index (χ4n) is 15.9. The van der Waals surface area contributed by atoms with Gasteiger partial charge in [-0.15, -0.1) is 45.3 Å². The lowest BCUT2D eigenvalue weighted by atomic mass is 9.98. The number of benzene rings is 12. The number of fused-ring (bicyclic) bond motifs is 16. The van der Waals surface area contributed by atoms with E-state index >= 15 is 0 Å². The van der Waals surface area contributed by atoms with Crippen molar-refractivity contribution in [3.63, 3.8) is 0 Å². The van der Waals surface area contributed by atoms with Crippen molar-refractivity contribution in [1.29, 1.82) is 0 Å². The molecule has 8 heterocycles. The fourth-order valence-corrected chi connectivity index (χ4v) is 21.3. The Morgan fingerprint density at radius 2 is 0.561 bits per heavy atom. The van der Waals surface area contributed by atoms with Crippen molar-refractivity contribution in [3.05, 3.63) is 310 Å². The van der Waals surface area contributed by atoms with Gasteiger partial charge in [-0.25, -0.2) is 0 Å². The second kappa shape index (κ2) is 27.5. The molecule has 0 bridgehead atoms. The number of hydrogen-bond acceptors (Lipinski definition) is 4. The first-order chi connectivity index (χ1) is 55.3. The maximum absolute atomic E-state index is 8.24. The molecule has 20 aromatic rings. The molecule has 522 valence electrons. The Balaban J connectivity index is 0.000000112. The molecule has 0 radical (unpaired) electrons. The van der Waals surface area contributed by atoms with E-state index in [1.54, 1.807) is 47.2 Å². The number of pyridine rings is 4. The first kappa shape index (κ1) is 59.3. The highest BCUT2D eigenvalue weighted by molar-refractivity contribution is 7.27. The zero-order chi connectivity index (χ0) is 81.5. The van der Waals surface area contributed by atoms with Crippen LogP contribution in [0.4, 0.5) is 0 Å². The van der Waals surface area contributed by atoms with Gasteiger partial charge in [-0.3, -0.25) is 0 Å². The molecule has 0 saturated heterocycles. The Hall–Kier alpha value is -10.8. The summed E-state index contributed by atoms with van der Waals surface area (Å²) in [6.07, 6.45) is 7.88. The Morgan fingerprint density at radius 3 is 0.907 bits per heavy atom. The highest BCUT2D eigenvalue weighted by Crippen LogP contribution is 2.47. The van der Waals surface area contributed by atoms with Crippen LogP contribution in [0.3, 0.4) is 0 Å². The van der Waals surface area contributed by atoms with Crippen molar-refractivity contribution in [1.82, 2.24) is 0 Å². The van der Waals surface area contributed by atoms with Crippen LogP contribution < -0.4 is 18.3 Å². The van der Waals surface area contributed by atoms with E-state index < -0.39 is 20.6 Å². The standard InChI is InChI=1S/C26H24NS.C25H22NS.2C24H20NS/c1-15-7-9-21(17(3)10-15)25-26-24(18(4)14-27(25)5)22-12-20-11-16(2)6-8-19(20)13-23(22)28-26;1-15-9-10-18-13-22-21(12-19(18)11-15)23-17(3)14-26(4)24(25(23)27-22)20-8-6-5-7-16(20)2;2*1-15-8-9-17-14-22-21(13-18(17)12-15)20-10-11-25(3)23(24(20)26-22)19-7-5-4-6-16(19)2/h6-14H,1-5H3;5-14H,1-4H3;2*4-14H,1-3H3/q4*+1/i1D3,4D3;3D3;;. The zero-order valence-corrected chi connectivity index (χ0v) is 65.4. The Bertz CT molecular complexity index is 7250. The normalized spacial score (nSPS) is 13.3. The third kappa shape index (κ3) is 12.5.